The minimum atomic E-state index is 0.175. The van der Waals surface area contributed by atoms with Crippen LogP contribution in [0.25, 0.3) is 0 Å². The molecule has 28 heavy (non-hydrogen) atoms. The highest BCUT2D eigenvalue weighted by molar-refractivity contribution is 5.80. The van der Waals surface area contributed by atoms with Crippen LogP contribution in [0.1, 0.15) is 69.5 Å². The fourth-order valence-electron chi connectivity index (χ4n) is 3.98. The van der Waals surface area contributed by atoms with E-state index in [0.717, 1.165) is 18.2 Å². The number of nitrogens with one attached hydrogen (secondary N) is 2. The van der Waals surface area contributed by atoms with Crippen LogP contribution in [0.2, 0.25) is 0 Å². The molecule has 1 aliphatic carbocycles. The van der Waals surface area contributed by atoms with Gasteiger partial charge in [-0.3, -0.25) is 14.5 Å². The molecular formula is C21H38N6O. The van der Waals surface area contributed by atoms with E-state index in [4.69, 9.17) is 0 Å². The lowest BCUT2D eigenvalue weighted by Gasteiger charge is -2.23. The minimum absolute atomic E-state index is 0.175. The van der Waals surface area contributed by atoms with Crippen LogP contribution in [0.4, 0.5) is 0 Å². The number of aliphatic imine (C=N–C) groups is 1. The van der Waals surface area contributed by atoms with Crippen molar-refractivity contribution in [1.29, 1.82) is 0 Å². The number of hydrogen-bond donors (Lipinski definition) is 2. The lowest BCUT2D eigenvalue weighted by atomic mass is 9.87. The molecule has 0 aliphatic heterocycles. The lowest BCUT2D eigenvalue weighted by molar-refractivity contribution is -0.122. The summed E-state index contributed by atoms with van der Waals surface area (Å²) in [6, 6.07) is 0. The SMILES string of the molecule is CN=C(NCCNC(=O)CC1CCCCC1)N(C)Cc1cn(C)nc1C(C)C. The van der Waals surface area contributed by atoms with Crippen molar-refractivity contribution in [1.82, 2.24) is 25.3 Å². The van der Waals surface area contributed by atoms with E-state index in [1.807, 2.05) is 18.8 Å². The molecule has 1 aromatic rings. The third kappa shape index (κ3) is 6.84. The summed E-state index contributed by atoms with van der Waals surface area (Å²) >= 11 is 0. The van der Waals surface area contributed by atoms with Crippen LogP contribution in [-0.2, 0) is 18.4 Å². The molecule has 2 rings (SSSR count). The van der Waals surface area contributed by atoms with Crippen LogP contribution >= 0.6 is 0 Å². The molecule has 0 saturated heterocycles. The Bertz CT molecular complexity index is 645. The number of aryl methyl sites for hydroxylation is 1. The molecule has 0 atom stereocenters. The Labute approximate surface area is 170 Å². The minimum Gasteiger partial charge on any atom is -0.354 e. The molecule has 1 amide bonds. The number of rotatable bonds is 8. The van der Waals surface area contributed by atoms with Crippen LogP contribution in [0, 0.1) is 5.92 Å². The highest BCUT2D eigenvalue weighted by Gasteiger charge is 2.17. The molecular weight excluding hydrogens is 352 g/mol. The average Bonchev–Trinajstić information content (AvgIpc) is 3.03. The number of hydrogen-bond acceptors (Lipinski definition) is 3. The molecule has 1 fully saturated rings. The molecule has 158 valence electrons. The Kier molecular flexibility index (Phi) is 8.80. The van der Waals surface area contributed by atoms with Crippen molar-refractivity contribution in [3.8, 4) is 0 Å². The molecule has 7 nitrogen and oxygen atoms in total. The summed E-state index contributed by atoms with van der Waals surface area (Å²) in [7, 11) is 5.76. The van der Waals surface area contributed by atoms with Crippen LogP contribution in [0.15, 0.2) is 11.2 Å². The van der Waals surface area contributed by atoms with Gasteiger partial charge < -0.3 is 15.5 Å². The first-order valence-electron chi connectivity index (χ1n) is 10.6. The standard InChI is InChI=1S/C21H38N6O/c1-16(2)20-18(15-27(5)25-20)14-26(4)21(22-3)24-12-11-23-19(28)13-17-9-7-6-8-10-17/h15-17H,6-14H2,1-5H3,(H,22,24)(H,23,28). The fraction of sp³-hybridized carbons (Fsp3) is 0.762. The van der Waals surface area contributed by atoms with Crippen molar-refractivity contribution in [2.75, 3.05) is 27.2 Å². The molecule has 0 spiro atoms. The average molecular weight is 391 g/mol. The van der Waals surface area contributed by atoms with Gasteiger partial charge >= 0.3 is 0 Å². The van der Waals surface area contributed by atoms with Crippen molar-refractivity contribution in [2.45, 2.75) is 64.8 Å². The summed E-state index contributed by atoms with van der Waals surface area (Å²) in [6.45, 7) is 6.35. The molecule has 1 aliphatic rings. The molecule has 7 heteroatoms. The van der Waals surface area contributed by atoms with Gasteiger partial charge in [0.15, 0.2) is 5.96 Å². The number of nitrogens with zero attached hydrogens (tertiary/aromatic N) is 4. The van der Waals surface area contributed by atoms with Crippen LogP contribution in [0.3, 0.4) is 0 Å². The monoisotopic (exact) mass is 390 g/mol. The Hall–Kier alpha value is -2.05. The number of carbonyl (C=O) groups excluding carboxylic acids is 1. The zero-order valence-corrected chi connectivity index (χ0v) is 18.3. The first-order chi connectivity index (χ1) is 13.4. The predicted octanol–water partition coefficient (Wildman–Crippen LogP) is 2.64. The highest BCUT2D eigenvalue weighted by Crippen LogP contribution is 2.26. The van der Waals surface area contributed by atoms with Gasteiger partial charge in [0.05, 0.1) is 5.69 Å². The van der Waals surface area contributed by atoms with Gasteiger partial charge in [-0.1, -0.05) is 33.1 Å². The maximum Gasteiger partial charge on any atom is 0.220 e. The number of amides is 1. The van der Waals surface area contributed by atoms with Crippen molar-refractivity contribution >= 4 is 11.9 Å². The lowest BCUT2D eigenvalue weighted by Crippen LogP contribution is -2.42. The predicted molar refractivity (Wildman–Crippen MR) is 114 cm³/mol. The van der Waals surface area contributed by atoms with Gasteiger partial charge in [0.2, 0.25) is 5.91 Å². The highest BCUT2D eigenvalue weighted by atomic mass is 16.1. The number of guanidine groups is 1. The third-order valence-corrected chi connectivity index (χ3v) is 5.39. The Morgan fingerprint density at radius 3 is 2.61 bits per heavy atom. The first-order valence-corrected chi connectivity index (χ1v) is 10.6. The summed E-state index contributed by atoms with van der Waals surface area (Å²) in [5.74, 6) is 1.96. The summed E-state index contributed by atoms with van der Waals surface area (Å²) in [4.78, 5) is 18.6. The molecule has 1 heterocycles. The van der Waals surface area contributed by atoms with Gasteiger partial charge in [-0.25, -0.2) is 0 Å². The van der Waals surface area contributed by atoms with Crippen LogP contribution in [-0.4, -0.2) is 53.7 Å². The zero-order chi connectivity index (χ0) is 20.5. The van der Waals surface area contributed by atoms with Gasteiger partial charge in [0, 0.05) is 59.0 Å². The fourth-order valence-corrected chi connectivity index (χ4v) is 3.98. The maximum atomic E-state index is 12.1. The van der Waals surface area contributed by atoms with Gasteiger partial charge in [-0.15, -0.1) is 0 Å². The second-order valence-electron chi connectivity index (χ2n) is 8.26. The van der Waals surface area contributed by atoms with E-state index in [0.29, 0.717) is 31.3 Å². The van der Waals surface area contributed by atoms with Gasteiger partial charge in [-0.05, 0) is 24.7 Å². The van der Waals surface area contributed by atoms with Crippen LogP contribution in [0.5, 0.6) is 0 Å². The van der Waals surface area contributed by atoms with E-state index < -0.39 is 0 Å². The quantitative estimate of drug-likeness (QED) is 0.406. The Morgan fingerprint density at radius 1 is 1.29 bits per heavy atom. The normalized spacial score (nSPS) is 15.7. The van der Waals surface area contributed by atoms with E-state index in [9.17, 15) is 4.79 Å². The summed E-state index contributed by atoms with van der Waals surface area (Å²) in [5.41, 5.74) is 2.34. The second kappa shape index (κ2) is 11.1. The maximum absolute atomic E-state index is 12.1. The smallest absolute Gasteiger partial charge is 0.220 e. The van der Waals surface area contributed by atoms with E-state index in [2.05, 4.69) is 45.7 Å². The van der Waals surface area contributed by atoms with Crippen molar-refractivity contribution < 1.29 is 4.79 Å². The second-order valence-corrected chi connectivity index (χ2v) is 8.26. The van der Waals surface area contributed by atoms with Crippen molar-refractivity contribution in [2.24, 2.45) is 18.0 Å². The van der Waals surface area contributed by atoms with Crippen molar-refractivity contribution in [3.63, 3.8) is 0 Å². The van der Waals surface area contributed by atoms with E-state index in [1.165, 1.54) is 37.7 Å². The van der Waals surface area contributed by atoms with Gasteiger partial charge in [-0.2, -0.15) is 5.10 Å². The topological polar surface area (TPSA) is 74.6 Å². The van der Waals surface area contributed by atoms with Crippen LogP contribution < -0.4 is 10.6 Å². The van der Waals surface area contributed by atoms with E-state index in [1.54, 1.807) is 7.05 Å². The summed E-state index contributed by atoms with van der Waals surface area (Å²) in [6.07, 6.45) is 9.03. The van der Waals surface area contributed by atoms with Gasteiger partial charge in [0.25, 0.3) is 0 Å². The molecule has 0 bridgehead atoms. The third-order valence-electron chi connectivity index (χ3n) is 5.39. The molecule has 2 N–H and O–H groups in total. The molecule has 0 unspecified atom stereocenters. The molecule has 0 radical (unpaired) electrons. The summed E-state index contributed by atoms with van der Waals surface area (Å²) in [5, 5.41) is 10.9. The largest absolute Gasteiger partial charge is 0.354 e. The molecule has 1 aromatic heterocycles. The number of aromatic nitrogens is 2. The molecule has 1 saturated carbocycles. The van der Waals surface area contributed by atoms with E-state index in [-0.39, 0.29) is 5.91 Å². The Morgan fingerprint density at radius 2 is 1.96 bits per heavy atom. The molecule has 0 aromatic carbocycles. The van der Waals surface area contributed by atoms with E-state index >= 15 is 0 Å². The van der Waals surface area contributed by atoms with Gasteiger partial charge in [0.1, 0.15) is 0 Å². The zero-order valence-electron chi connectivity index (χ0n) is 18.3. The number of carbonyl (C=O) groups is 1. The first kappa shape index (κ1) is 22.2. The van der Waals surface area contributed by atoms with Crippen molar-refractivity contribution in [3.05, 3.63) is 17.5 Å². The summed E-state index contributed by atoms with van der Waals surface area (Å²) < 4.78 is 1.87. The Balaban J connectivity index is 1.73.